The summed E-state index contributed by atoms with van der Waals surface area (Å²) in [7, 11) is 0. The number of ether oxygens (including phenoxy) is 2. The summed E-state index contributed by atoms with van der Waals surface area (Å²) in [5, 5.41) is 14.3. The van der Waals surface area contributed by atoms with Gasteiger partial charge in [-0.2, -0.15) is 18.2 Å². The lowest BCUT2D eigenvalue weighted by Crippen LogP contribution is -2.38. The highest BCUT2D eigenvalue weighted by molar-refractivity contribution is 5.69. The molecule has 2 heterocycles. The number of aryl methyl sites for hydroxylation is 2. The van der Waals surface area contributed by atoms with Crippen molar-refractivity contribution in [2.24, 2.45) is 0 Å². The molecule has 2 aromatic carbocycles. The number of rotatable bonds is 7. The van der Waals surface area contributed by atoms with E-state index in [0.717, 1.165) is 17.2 Å². The summed E-state index contributed by atoms with van der Waals surface area (Å²) < 4.78 is 57.9. The molecule has 1 amide bonds. The van der Waals surface area contributed by atoms with Gasteiger partial charge >= 0.3 is 12.3 Å². The van der Waals surface area contributed by atoms with Crippen LogP contribution in [0.25, 0.3) is 11.4 Å². The van der Waals surface area contributed by atoms with Crippen LogP contribution in [0.4, 0.5) is 18.0 Å². The Kier molecular flexibility index (Phi) is 8.20. The van der Waals surface area contributed by atoms with E-state index in [1.807, 2.05) is 31.2 Å². The normalized spacial score (nSPS) is 17.9. The van der Waals surface area contributed by atoms with Gasteiger partial charge in [0, 0.05) is 12.1 Å². The fourth-order valence-electron chi connectivity index (χ4n) is 4.30. The molecule has 1 aliphatic heterocycles. The predicted molar refractivity (Wildman–Crippen MR) is 136 cm³/mol. The number of hydrogen-bond acceptors (Lipinski definition) is 7. The van der Waals surface area contributed by atoms with Crippen LogP contribution in [0.2, 0.25) is 0 Å². The number of aliphatic hydroxyl groups excluding tert-OH is 1. The smallest absolute Gasteiger partial charge is 0.419 e. The molecule has 0 spiro atoms. The molecule has 0 unspecified atom stereocenters. The van der Waals surface area contributed by atoms with Crippen LogP contribution < -0.4 is 4.74 Å². The first-order valence-electron chi connectivity index (χ1n) is 12.7. The number of aliphatic hydroxyl groups is 1. The molecule has 1 N–H and O–H groups in total. The van der Waals surface area contributed by atoms with E-state index in [4.69, 9.17) is 14.0 Å². The summed E-state index contributed by atoms with van der Waals surface area (Å²) in [5.74, 6) is -0.489. The van der Waals surface area contributed by atoms with Crippen molar-refractivity contribution in [1.29, 1.82) is 0 Å². The SMILES string of the molecule is Cc1ccc(CCCOc2ccc(-c3noc([C@@H]4[C@@H](O)CCN4C(=O)OC(C)(C)C)n3)cc2C(F)(F)F)cc1. The molecule has 0 aliphatic carbocycles. The van der Waals surface area contributed by atoms with Crippen LogP contribution in [0.5, 0.6) is 5.75 Å². The van der Waals surface area contributed by atoms with E-state index in [1.54, 1.807) is 20.8 Å². The number of alkyl halides is 3. The molecule has 1 aromatic heterocycles. The zero-order valence-electron chi connectivity index (χ0n) is 22.3. The second-order valence-corrected chi connectivity index (χ2v) is 10.6. The highest BCUT2D eigenvalue weighted by Gasteiger charge is 2.43. The highest BCUT2D eigenvalue weighted by Crippen LogP contribution is 2.39. The Labute approximate surface area is 224 Å². The van der Waals surface area contributed by atoms with E-state index in [0.29, 0.717) is 12.8 Å². The number of nitrogens with zero attached hydrogens (tertiary/aromatic N) is 3. The summed E-state index contributed by atoms with van der Waals surface area (Å²) in [4.78, 5) is 18.1. The molecule has 0 saturated carbocycles. The van der Waals surface area contributed by atoms with Gasteiger partial charge in [-0.05, 0) is 70.7 Å². The van der Waals surface area contributed by atoms with Crippen LogP contribution in [0.1, 0.15) is 62.2 Å². The number of benzene rings is 2. The lowest BCUT2D eigenvalue weighted by Gasteiger charge is -2.27. The number of hydrogen-bond donors (Lipinski definition) is 1. The Balaban J connectivity index is 1.49. The summed E-state index contributed by atoms with van der Waals surface area (Å²) in [6.45, 7) is 7.45. The standard InChI is InChI=1S/C28H32F3N3O5/c1-17-7-9-18(10-8-17)6-5-15-37-22-12-11-19(16-20(22)28(29,30)31)24-32-25(39-33-24)23-21(35)13-14-34(23)26(36)38-27(2,3)4/h7-12,16,21,23,35H,5-6,13-15H2,1-4H3/t21-,23-/m0/s1. The summed E-state index contributed by atoms with van der Waals surface area (Å²) in [6, 6.07) is 10.5. The average Bonchev–Trinajstić information content (AvgIpc) is 3.48. The first kappa shape index (κ1) is 28.4. The molecular formula is C28H32F3N3O5. The third-order valence-corrected chi connectivity index (χ3v) is 6.22. The van der Waals surface area contributed by atoms with Gasteiger partial charge in [0.05, 0.1) is 18.3 Å². The Morgan fingerprint density at radius 3 is 2.54 bits per heavy atom. The summed E-state index contributed by atoms with van der Waals surface area (Å²) in [6.07, 6.45) is -4.84. The molecule has 1 aliphatic rings. The quantitative estimate of drug-likeness (QED) is 0.356. The first-order chi connectivity index (χ1) is 18.3. The van der Waals surface area contributed by atoms with Crippen molar-refractivity contribution < 1.29 is 37.1 Å². The van der Waals surface area contributed by atoms with Gasteiger partial charge in [-0.25, -0.2) is 4.79 Å². The first-order valence-corrected chi connectivity index (χ1v) is 12.7. The average molecular weight is 548 g/mol. The predicted octanol–water partition coefficient (Wildman–Crippen LogP) is 6.12. The van der Waals surface area contributed by atoms with Crippen LogP contribution in [-0.2, 0) is 17.3 Å². The number of halogens is 3. The van der Waals surface area contributed by atoms with Crippen LogP contribution in [0, 0.1) is 6.92 Å². The number of carbonyl (C=O) groups excluding carboxylic acids is 1. The molecule has 0 bridgehead atoms. The Morgan fingerprint density at radius 1 is 1.15 bits per heavy atom. The minimum Gasteiger partial charge on any atom is -0.493 e. The van der Waals surface area contributed by atoms with E-state index in [1.165, 1.54) is 17.0 Å². The molecule has 2 atom stereocenters. The molecule has 39 heavy (non-hydrogen) atoms. The summed E-state index contributed by atoms with van der Waals surface area (Å²) in [5.41, 5.74) is 0.561. The lowest BCUT2D eigenvalue weighted by atomic mass is 10.1. The maximum absolute atomic E-state index is 13.9. The van der Waals surface area contributed by atoms with Crippen molar-refractivity contribution in [1.82, 2.24) is 15.0 Å². The number of carbonyl (C=O) groups is 1. The molecule has 0 radical (unpaired) electrons. The van der Waals surface area contributed by atoms with Crippen LogP contribution in [0.15, 0.2) is 47.0 Å². The van der Waals surface area contributed by atoms with Gasteiger partial charge in [-0.3, -0.25) is 4.90 Å². The largest absolute Gasteiger partial charge is 0.493 e. The minimum absolute atomic E-state index is 0.0561. The monoisotopic (exact) mass is 547 g/mol. The van der Waals surface area contributed by atoms with Gasteiger partial charge in [0.25, 0.3) is 5.89 Å². The van der Waals surface area contributed by atoms with Crippen LogP contribution in [-0.4, -0.2) is 51.1 Å². The third kappa shape index (κ3) is 7.08. The van der Waals surface area contributed by atoms with Gasteiger partial charge in [-0.1, -0.05) is 35.0 Å². The van der Waals surface area contributed by atoms with Gasteiger partial charge in [-0.15, -0.1) is 0 Å². The molecule has 8 nitrogen and oxygen atoms in total. The van der Waals surface area contributed by atoms with Gasteiger partial charge in [0.15, 0.2) is 0 Å². The second kappa shape index (κ2) is 11.3. The van der Waals surface area contributed by atoms with E-state index < -0.39 is 35.6 Å². The Hall–Kier alpha value is -3.60. The number of aromatic nitrogens is 2. The maximum Gasteiger partial charge on any atom is 0.419 e. The van der Waals surface area contributed by atoms with Gasteiger partial charge in [0.2, 0.25) is 5.82 Å². The van der Waals surface area contributed by atoms with Crippen LogP contribution >= 0.6 is 0 Å². The molecule has 3 aromatic rings. The second-order valence-electron chi connectivity index (χ2n) is 10.6. The number of likely N-dealkylation sites (tertiary alicyclic amines) is 1. The Morgan fingerprint density at radius 2 is 1.87 bits per heavy atom. The van der Waals surface area contributed by atoms with Crippen molar-refractivity contribution in [2.45, 2.75) is 70.9 Å². The molecule has 1 saturated heterocycles. The minimum atomic E-state index is -4.68. The fourth-order valence-corrected chi connectivity index (χ4v) is 4.30. The van der Waals surface area contributed by atoms with E-state index in [9.17, 15) is 23.1 Å². The van der Waals surface area contributed by atoms with E-state index in [2.05, 4.69) is 10.1 Å². The molecule has 11 heteroatoms. The van der Waals surface area contributed by atoms with Gasteiger partial charge in [0.1, 0.15) is 17.4 Å². The van der Waals surface area contributed by atoms with Crippen LogP contribution in [0.3, 0.4) is 0 Å². The maximum atomic E-state index is 13.9. The van der Waals surface area contributed by atoms with Crippen molar-refractivity contribution in [3.05, 3.63) is 65.0 Å². The summed E-state index contributed by atoms with van der Waals surface area (Å²) >= 11 is 0. The molecule has 1 fully saturated rings. The molecular weight excluding hydrogens is 515 g/mol. The van der Waals surface area contributed by atoms with E-state index in [-0.39, 0.29) is 42.6 Å². The molecule has 4 rings (SSSR count). The third-order valence-electron chi connectivity index (χ3n) is 6.22. The lowest BCUT2D eigenvalue weighted by molar-refractivity contribution is -0.138. The van der Waals surface area contributed by atoms with E-state index >= 15 is 0 Å². The Bertz CT molecular complexity index is 1280. The molecule has 210 valence electrons. The number of amides is 1. The van der Waals surface area contributed by atoms with Crippen molar-refractivity contribution >= 4 is 6.09 Å². The fraction of sp³-hybridized carbons (Fsp3) is 0.464. The highest BCUT2D eigenvalue weighted by atomic mass is 19.4. The van der Waals surface area contributed by atoms with Gasteiger partial charge < -0.3 is 19.1 Å². The zero-order valence-corrected chi connectivity index (χ0v) is 22.3. The van der Waals surface area contributed by atoms with Crippen molar-refractivity contribution in [2.75, 3.05) is 13.2 Å². The topological polar surface area (TPSA) is 97.9 Å². The van der Waals surface area contributed by atoms with Crippen molar-refractivity contribution in [3.63, 3.8) is 0 Å². The van der Waals surface area contributed by atoms with Crippen molar-refractivity contribution in [3.8, 4) is 17.1 Å². The zero-order chi connectivity index (χ0) is 28.4.